The average molecular weight is 334 g/mol. The summed E-state index contributed by atoms with van der Waals surface area (Å²) in [5.41, 5.74) is 1.68. The van der Waals surface area contributed by atoms with Gasteiger partial charge in [0.2, 0.25) is 5.91 Å². The Balaban J connectivity index is 1.53. The fourth-order valence-corrected chi connectivity index (χ4v) is 2.67. The van der Waals surface area contributed by atoms with Crippen LogP contribution in [-0.2, 0) is 17.9 Å². The Morgan fingerprint density at radius 2 is 1.92 bits per heavy atom. The number of nitrogens with zero attached hydrogens (tertiary/aromatic N) is 5. The van der Waals surface area contributed by atoms with Crippen molar-refractivity contribution in [3.63, 3.8) is 0 Å². The van der Waals surface area contributed by atoms with Gasteiger partial charge in [0.05, 0.1) is 23.8 Å². The second kappa shape index (κ2) is 6.16. The standard InChI is InChI=1S/C17H14N6O2/c24-16(19-9-15-21-20-14-7-3-4-8-22(14)15)11-23-13-6-2-1-5-12(13)18-10-17(23)25/h1-8,10H,9,11H2,(H,19,24). The van der Waals surface area contributed by atoms with Crippen molar-refractivity contribution in [2.45, 2.75) is 13.1 Å². The fourth-order valence-electron chi connectivity index (χ4n) is 2.67. The van der Waals surface area contributed by atoms with E-state index < -0.39 is 0 Å². The number of hydrogen-bond donors (Lipinski definition) is 1. The van der Waals surface area contributed by atoms with Gasteiger partial charge in [-0.3, -0.25) is 18.6 Å². The molecule has 8 nitrogen and oxygen atoms in total. The highest BCUT2D eigenvalue weighted by atomic mass is 16.2. The van der Waals surface area contributed by atoms with Gasteiger partial charge in [-0.2, -0.15) is 0 Å². The van der Waals surface area contributed by atoms with Crippen molar-refractivity contribution >= 4 is 22.6 Å². The Labute approximate surface area is 141 Å². The molecule has 0 aliphatic rings. The van der Waals surface area contributed by atoms with Crippen LogP contribution in [0.3, 0.4) is 0 Å². The zero-order valence-corrected chi connectivity index (χ0v) is 13.2. The van der Waals surface area contributed by atoms with Crippen LogP contribution in [-0.4, -0.2) is 30.1 Å². The number of carbonyl (C=O) groups is 1. The van der Waals surface area contributed by atoms with Crippen LogP contribution < -0.4 is 10.9 Å². The van der Waals surface area contributed by atoms with Gasteiger partial charge in [0.15, 0.2) is 11.5 Å². The summed E-state index contributed by atoms with van der Waals surface area (Å²) in [4.78, 5) is 28.4. The van der Waals surface area contributed by atoms with Crippen LogP contribution in [0, 0.1) is 0 Å². The lowest BCUT2D eigenvalue weighted by Crippen LogP contribution is -2.32. The fraction of sp³-hybridized carbons (Fsp3) is 0.118. The Kier molecular flexibility index (Phi) is 3.70. The van der Waals surface area contributed by atoms with Crippen LogP contribution in [0.25, 0.3) is 16.7 Å². The molecule has 4 aromatic rings. The summed E-state index contributed by atoms with van der Waals surface area (Å²) < 4.78 is 3.20. The number of hydrogen-bond acceptors (Lipinski definition) is 5. The van der Waals surface area contributed by atoms with E-state index in [1.807, 2.05) is 30.5 Å². The molecule has 0 radical (unpaired) electrons. The summed E-state index contributed by atoms with van der Waals surface area (Å²) in [7, 11) is 0. The summed E-state index contributed by atoms with van der Waals surface area (Å²) in [6.45, 7) is 0.139. The van der Waals surface area contributed by atoms with Gasteiger partial charge in [-0.25, -0.2) is 4.98 Å². The van der Waals surface area contributed by atoms with Crippen molar-refractivity contribution < 1.29 is 4.79 Å². The van der Waals surface area contributed by atoms with Crippen LogP contribution in [0.2, 0.25) is 0 Å². The number of carbonyl (C=O) groups excluding carboxylic acids is 1. The molecule has 3 heterocycles. The Bertz CT molecular complexity index is 1130. The smallest absolute Gasteiger partial charge is 0.269 e. The summed E-state index contributed by atoms with van der Waals surface area (Å²) in [5, 5.41) is 10.9. The van der Waals surface area contributed by atoms with Crippen LogP contribution in [0.5, 0.6) is 0 Å². The molecule has 0 unspecified atom stereocenters. The van der Waals surface area contributed by atoms with Crippen LogP contribution >= 0.6 is 0 Å². The van der Waals surface area contributed by atoms with Crippen molar-refractivity contribution in [2.24, 2.45) is 0 Å². The molecular formula is C17H14N6O2. The number of fused-ring (bicyclic) bond motifs is 2. The number of aromatic nitrogens is 5. The first-order chi connectivity index (χ1) is 12.2. The molecule has 0 saturated heterocycles. The molecule has 0 aliphatic heterocycles. The summed E-state index contributed by atoms with van der Waals surface area (Å²) in [6, 6.07) is 12.8. The van der Waals surface area contributed by atoms with Gasteiger partial charge >= 0.3 is 0 Å². The van der Waals surface area contributed by atoms with Crippen molar-refractivity contribution in [1.29, 1.82) is 0 Å². The largest absolute Gasteiger partial charge is 0.347 e. The van der Waals surface area contributed by atoms with E-state index in [-0.39, 0.29) is 24.6 Å². The normalized spacial score (nSPS) is 11.0. The van der Waals surface area contributed by atoms with E-state index in [4.69, 9.17) is 0 Å². The third kappa shape index (κ3) is 2.85. The van der Waals surface area contributed by atoms with E-state index in [0.29, 0.717) is 22.5 Å². The minimum Gasteiger partial charge on any atom is -0.347 e. The second-order valence-corrected chi connectivity index (χ2v) is 5.49. The third-order valence-corrected chi connectivity index (χ3v) is 3.88. The molecule has 1 aromatic carbocycles. The number of benzene rings is 1. The molecule has 0 atom stereocenters. The van der Waals surface area contributed by atoms with Gasteiger partial charge in [-0.15, -0.1) is 10.2 Å². The van der Waals surface area contributed by atoms with Crippen LogP contribution in [0.15, 0.2) is 59.7 Å². The summed E-state index contributed by atoms with van der Waals surface area (Å²) >= 11 is 0. The maximum absolute atomic E-state index is 12.3. The predicted molar refractivity (Wildman–Crippen MR) is 90.8 cm³/mol. The third-order valence-electron chi connectivity index (χ3n) is 3.88. The zero-order chi connectivity index (χ0) is 17.2. The van der Waals surface area contributed by atoms with Crippen molar-refractivity contribution in [3.05, 3.63) is 71.0 Å². The first kappa shape index (κ1) is 15.0. The molecule has 8 heteroatoms. The highest BCUT2D eigenvalue weighted by molar-refractivity contribution is 5.79. The van der Waals surface area contributed by atoms with E-state index in [1.54, 1.807) is 22.6 Å². The molecule has 0 bridgehead atoms. The molecule has 25 heavy (non-hydrogen) atoms. The number of amides is 1. The number of para-hydroxylation sites is 2. The molecule has 0 aliphatic carbocycles. The first-order valence-electron chi connectivity index (χ1n) is 7.72. The molecule has 0 fully saturated rings. The van der Waals surface area contributed by atoms with E-state index in [0.717, 1.165) is 0 Å². The summed E-state index contributed by atoms with van der Waals surface area (Å²) in [6.07, 6.45) is 3.05. The Morgan fingerprint density at radius 1 is 1.08 bits per heavy atom. The SMILES string of the molecule is O=C(Cn1c(=O)cnc2ccccc21)NCc1nnc2ccccn12. The van der Waals surface area contributed by atoms with Gasteiger partial charge in [-0.05, 0) is 24.3 Å². The van der Waals surface area contributed by atoms with Crippen molar-refractivity contribution in [2.75, 3.05) is 0 Å². The van der Waals surface area contributed by atoms with Gasteiger partial charge in [-0.1, -0.05) is 18.2 Å². The minimum atomic E-state index is -0.318. The van der Waals surface area contributed by atoms with E-state index in [2.05, 4.69) is 20.5 Å². The lowest BCUT2D eigenvalue weighted by atomic mass is 10.3. The van der Waals surface area contributed by atoms with Crippen LogP contribution in [0.4, 0.5) is 0 Å². The molecular weight excluding hydrogens is 320 g/mol. The first-order valence-corrected chi connectivity index (χ1v) is 7.72. The zero-order valence-electron chi connectivity index (χ0n) is 13.2. The predicted octanol–water partition coefficient (Wildman–Crippen LogP) is 0.756. The van der Waals surface area contributed by atoms with Gasteiger partial charge < -0.3 is 5.32 Å². The van der Waals surface area contributed by atoms with Gasteiger partial charge in [0, 0.05) is 6.20 Å². The van der Waals surface area contributed by atoms with E-state index >= 15 is 0 Å². The summed E-state index contributed by atoms with van der Waals surface area (Å²) in [5.74, 6) is 0.335. The molecule has 1 amide bonds. The van der Waals surface area contributed by atoms with Gasteiger partial charge in [0.1, 0.15) is 6.54 Å². The maximum atomic E-state index is 12.3. The topological polar surface area (TPSA) is 94.2 Å². The highest BCUT2D eigenvalue weighted by Crippen LogP contribution is 2.08. The molecule has 3 aromatic heterocycles. The Morgan fingerprint density at radius 3 is 2.84 bits per heavy atom. The average Bonchev–Trinajstić information content (AvgIpc) is 3.06. The number of nitrogens with one attached hydrogen (secondary N) is 1. The lowest BCUT2D eigenvalue weighted by molar-refractivity contribution is -0.121. The second-order valence-electron chi connectivity index (χ2n) is 5.49. The molecule has 4 rings (SSSR count). The minimum absolute atomic E-state index is 0.0847. The molecule has 124 valence electrons. The number of pyridine rings is 1. The molecule has 0 saturated carbocycles. The van der Waals surface area contributed by atoms with E-state index in [9.17, 15) is 9.59 Å². The highest BCUT2D eigenvalue weighted by Gasteiger charge is 2.10. The van der Waals surface area contributed by atoms with Gasteiger partial charge in [0.25, 0.3) is 5.56 Å². The molecule has 1 N–H and O–H groups in total. The number of rotatable bonds is 4. The van der Waals surface area contributed by atoms with Crippen molar-refractivity contribution in [1.82, 2.24) is 29.5 Å². The Hall–Kier alpha value is -3.55. The molecule has 0 spiro atoms. The monoisotopic (exact) mass is 334 g/mol. The maximum Gasteiger partial charge on any atom is 0.269 e. The van der Waals surface area contributed by atoms with Crippen molar-refractivity contribution in [3.8, 4) is 0 Å². The lowest BCUT2D eigenvalue weighted by Gasteiger charge is -2.09. The quantitative estimate of drug-likeness (QED) is 0.594. The van der Waals surface area contributed by atoms with Crippen LogP contribution in [0.1, 0.15) is 5.82 Å². The van der Waals surface area contributed by atoms with E-state index in [1.165, 1.54) is 10.8 Å².